The standard InChI is InChI=1S/C33H37ClN6O4S/c1-18-12-24(18)37-29(41)26-14-20(44-30-22-13-19(34)9-10-21(22)27(43-5)15-36-30)16-40(26)31(42)28(33(2,3)4)39-32-38-25(17-45-32)23-8-6-7-11-35-23/h6-11,13,15,17-18,20,24,26,28H,12,14,16H2,1-5H3,(H,37,41)(H,38,39)/t18-,20-,24-,26+,28-/m1/s1. The normalized spacial score (nSPS) is 21.8. The predicted molar refractivity (Wildman–Crippen MR) is 176 cm³/mol. The van der Waals surface area contributed by atoms with Gasteiger partial charge in [0.15, 0.2) is 5.13 Å². The van der Waals surface area contributed by atoms with Gasteiger partial charge in [0.2, 0.25) is 17.7 Å². The van der Waals surface area contributed by atoms with E-state index in [2.05, 4.69) is 27.5 Å². The lowest BCUT2D eigenvalue weighted by Crippen LogP contribution is -2.54. The topological polar surface area (TPSA) is 119 Å². The van der Waals surface area contributed by atoms with Gasteiger partial charge in [0.1, 0.15) is 29.6 Å². The Morgan fingerprint density at radius 2 is 1.91 bits per heavy atom. The number of rotatable bonds is 9. The first-order valence-electron chi connectivity index (χ1n) is 15.0. The summed E-state index contributed by atoms with van der Waals surface area (Å²) in [5.41, 5.74) is 0.989. The van der Waals surface area contributed by atoms with Crippen LogP contribution in [0, 0.1) is 11.3 Å². The molecule has 2 fully saturated rings. The van der Waals surface area contributed by atoms with Gasteiger partial charge < -0.3 is 25.0 Å². The number of halogens is 1. The molecule has 2 amide bonds. The Balaban J connectivity index is 1.27. The predicted octanol–water partition coefficient (Wildman–Crippen LogP) is 5.82. The first-order valence-corrected chi connectivity index (χ1v) is 16.3. The molecule has 0 radical (unpaired) electrons. The number of carbonyl (C=O) groups is 2. The zero-order chi connectivity index (χ0) is 31.9. The highest BCUT2D eigenvalue weighted by Gasteiger charge is 2.47. The van der Waals surface area contributed by atoms with Gasteiger partial charge >= 0.3 is 0 Å². The summed E-state index contributed by atoms with van der Waals surface area (Å²) in [6.45, 7) is 8.32. The van der Waals surface area contributed by atoms with Gasteiger partial charge in [-0.15, -0.1) is 11.3 Å². The van der Waals surface area contributed by atoms with Crippen LogP contribution < -0.4 is 20.1 Å². The molecule has 2 N–H and O–H groups in total. The van der Waals surface area contributed by atoms with Crippen molar-refractivity contribution in [3.63, 3.8) is 0 Å². The maximum Gasteiger partial charge on any atom is 0.246 e. The molecule has 10 nitrogen and oxygen atoms in total. The van der Waals surface area contributed by atoms with Crippen molar-refractivity contribution in [3.05, 3.63) is 59.2 Å². The van der Waals surface area contributed by atoms with Crippen LogP contribution in [-0.4, -0.2) is 69.6 Å². The number of fused-ring (bicyclic) bond motifs is 1. The molecule has 1 saturated carbocycles. The number of hydrogen-bond donors (Lipinski definition) is 2. The van der Waals surface area contributed by atoms with E-state index >= 15 is 0 Å². The van der Waals surface area contributed by atoms with Crippen molar-refractivity contribution < 1.29 is 19.1 Å². The summed E-state index contributed by atoms with van der Waals surface area (Å²) < 4.78 is 11.9. The summed E-state index contributed by atoms with van der Waals surface area (Å²) in [6, 6.07) is 9.86. The van der Waals surface area contributed by atoms with Crippen LogP contribution in [0.3, 0.4) is 0 Å². The Kier molecular flexibility index (Phi) is 8.58. The number of pyridine rings is 2. The van der Waals surface area contributed by atoms with Gasteiger partial charge in [0, 0.05) is 39.8 Å². The van der Waals surface area contributed by atoms with E-state index in [-0.39, 0.29) is 24.4 Å². The molecule has 6 rings (SSSR count). The lowest BCUT2D eigenvalue weighted by Gasteiger charge is -2.35. The van der Waals surface area contributed by atoms with Crippen LogP contribution in [0.1, 0.15) is 40.5 Å². The molecule has 1 aliphatic heterocycles. The highest BCUT2D eigenvalue weighted by molar-refractivity contribution is 7.14. The third-order valence-corrected chi connectivity index (χ3v) is 9.38. The molecule has 1 aromatic carbocycles. The van der Waals surface area contributed by atoms with Crippen molar-refractivity contribution in [3.8, 4) is 23.0 Å². The number of aromatic nitrogens is 3. The van der Waals surface area contributed by atoms with Crippen molar-refractivity contribution in [1.82, 2.24) is 25.2 Å². The molecular weight excluding hydrogens is 612 g/mol. The summed E-state index contributed by atoms with van der Waals surface area (Å²) in [7, 11) is 1.58. The molecule has 1 saturated heterocycles. The first kappa shape index (κ1) is 31.0. The summed E-state index contributed by atoms with van der Waals surface area (Å²) in [5, 5.41) is 11.1. The number of likely N-dealkylation sites (tertiary alicyclic amines) is 1. The van der Waals surface area contributed by atoms with Gasteiger partial charge in [0.25, 0.3) is 0 Å². The van der Waals surface area contributed by atoms with Crippen LogP contribution in [0.2, 0.25) is 5.02 Å². The Hall–Kier alpha value is -3.96. The van der Waals surface area contributed by atoms with Crippen LogP contribution in [-0.2, 0) is 9.59 Å². The monoisotopic (exact) mass is 648 g/mol. The number of anilines is 1. The number of methoxy groups -OCH3 is 1. The Bertz CT molecular complexity index is 1710. The highest BCUT2D eigenvalue weighted by atomic mass is 35.5. The van der Waals surface area contributed by atoms with Gasteiger partial charge in [-0.25, -0.2) is 9.97 Å². The van der Waals surface area contributed by atoms with E-state index in [1.807, 2.05) is 50.4 Å². The molecule has 4 heterocycles. The zero-order valence-electron chi connectivity index (χ0n) is 25.9. The van der Waals surface area contributed by atoms with Crippen LogP contribution in [0.25, 0.3) is 22.2 Å². The number of hydrogen-bond acceptors (Lipinski definition) is 9. The number of nitrogens with one attached hydrogen (secondary N) is 2. The Morgan fingerprint density at radius 1 is 1.11 bits per heavy atom. The molecule has 4 aromatic rings. The second kappa shape index (κ2) is 12.4. The summed E-state index contributed by atoms with van der Waals surface area (Å²) >= 11 is 7.75. The van der Waals surface area contributed by atoms with E-state index in [0.717, 1.165) is 23.2 Å². The van der Waals surface area contributed by atoms with Gasteiger partial charge in [-0.3, -0.25) is 14.6 Å². The van der Waals surface area contributed by atoms with E-state index in [1.165, 1.54) is 11.3 Å². The van der Waals surface area contributed by atoms with Crippen LogP contribution in [0.4, 0.5) is 5.13 Å². The first-order chi connectivity index (χ1) is 21.5. The lowest BCUT2D eigenvalue weighted by molar-refractivity contribution is -0.140. The third-order valence-electron chi connectivity index (χ3n) is 8.37. The average Bonchev–Trinajstić information content (AvgIpc) is 3.36. The van der Waals surface area contributed by atoms with Crippen molar-refractivity contribution in [1.29, 1.82) is 0 Å². The van der Waals surface area contributed by atoms with E-state index < -0.39 is 23.6 Å². The van der Waals surface area contributed by atoms with E-state index in [9.17, 15) is 9.59 Å². The second-order valence-electron chi connectivity index (χ2n) is 12.8. The second-order valence-corrected chi connectivity index (χ2v) is 14.1. The maximum atomic E-state index is 14.4. The van der Waals surface area contributed by atoms with E-state index in [4.69, 9.17) is 26.1 Å². The minimum absolute atomic E-state index is 0.126. The highest BCUT2D eigenvalue weighted by Crippen LogP contribution is 2.36. The van der Waals surface area contributed by atoms with Crippen molar-refractivity contribution in [2.45, 2.75) is 64.8 Å². The van der Waals surface area contributed by atoms with Crippen LogP contribution >= 0.6 is 22.9 Å². The Morgan fingerprint density at radius 3 is 2.60 bits per heavy atom. The van der Waals surface area contributed by atoms with Gasteiger partial charge in [0.05, 0.1) is 25.5 Å². The molecule has 0 bridgehead atoms. The Labute approximate surface area is 271 Å². The SMILES string of the molecule is COc1cnc(O[C@@H]2C[C@@H](C(=O)N[C@@H]3C[C@H]3C)N(C(=O)[C@@H](Nc3nc(-c4ccccn4)cs3)C(C)(C)C)C2)c2cc(Cl)ccc12. The van der Waals surface area contributed by atoms with Crippen LogP contribution in [0.15, 0.2) is 54.2 Å². The molecule has 3 aromatic heterocycles. The van der Waals surface area contributed by atoms with Crippen molar-refractivity contribution >= 4 is 50.7 Å². The zero-order valence-corrected chi connectivity index (χ0v) is 27.5. The van der Waals surface area contributed by atoms with Crippen molar-refractivity contribution in [2.24, 2.45) is 11.3 Å². The van der Waals surface area contributed by atoms with Gasteiger partial charge in [-0.2, -0.15) is 0 Å². The fraction of sp³-hybridized carbons (Fsp3) is 0.424. The quantitative estimate of drug-likeness (QED) is 0.233. The number of amides is 2. The molecule has 5 atom stereocenters. The molecular formula is C33H37ClN6O4S. The number of thiazole rings is 1. The number of benzene rings is 1. The lowest BCUT2D eigenvalue weighted by atomic mass is 9.85. The summed E-state index contributed by atoms with van der Waals surface area (Å²) in [5.74, 6) is 1.04. The molecule has 2 aliphatic rings. The van der Waals surface area contributed by atoms with E-state index in [0.29, 0.717) is 39.5 Å². The summed E-state index contributed by atoms with van der Waals surface area (Å²) in [6.07, 6.45) is 4.12. The molecule has 12 heteroatoms. The fourth-order valence-corrected chi connectivity index (χ4v) is 6.57. The van der Waals surface area contributed by atoms with Crippen molar-refractivity contribution in [2.75, 3.05) is 19.0 Å². The fourth-order valence-electron chi connectivity index (χ4n) is 5.67. The number of nitrogens with zero attached hydrogens (tertiary/aromatic N) is 4. The van der Waals surface area contributed by atoms with Crippen LogP contribution in [0.5, 0.6) is 11.6 Å². The molecule has 236 valence electrons. The number of ether oxygens (including phenoxy) is 2. The summed E-state index contributed by atoms with van der Waals surface area (Å²) in [4.78, 5) is 43.3. The van der Waals surface area contributed by atoms with Gasteiger partial charge in [-0.1, -0.05) is 45.4 Å². The molecule has 1 aliphatic carbocycles. The number of carbonyl (C=O) groups excluding carboxylic acids is 2. The largest absolute Gasteiger partial charge is 0.494 e. The minimum atomic E-state index is -0.699. The van der Waals surface area contributed by atoms with E-state index in [1.54, 1.807) is 36.5 Å². The average molecular weight is 649 g/mol. The molecule has 45 heavy (non-hydrogen) atoms. The molecule has 0 spiro atoms. The van der Waals surface area contributed by atoms with Gasteiger partial charge in [-0.05, 0) is 48.1 Å². The molecule has 0 unspecified atom stereocenters. The minimum Gasteiger partial charge on any atom is -0.494 e. The third kappa shape index (κ3) is 6.69. The smallest absolute Gasteiger partial charge is 0.246 e. The maximum absolute atomic E-state index is 14.4.